The van der Waals surface area contributed by atoms with E-state index in [1.54, 1.807) is 0 Å². The molecule has 0 amide bonds. The van der Waals surface area contributed by atoms with Crippen molar-refractivity contribution in [1.82, 2.24) is 15.0 Å². The summed E-state index contributed by atoms with van der Waals surface area (Å²) in [5, 5.41) is 9.83. The molecule has 5 heteroatoms. The molecule has 1 N–H and O–H groups in total. The van der Waals surface area contributed by atoms with Crippen LogP contribution in [0.5, 0.6) is 0 Å². The van der Waals surface area contributed by atoms with Crippen molar-refractivity contribution in [3.8, 4) is 6.07 Å². The molecular weight excluding hydrogens is 298 g/mol. The molecular formula is C19H19N5. The summed E-state index contributed by atoms with van der Waals surface area (Å²) >= 11 is 0. The van der Waals surface area contributed by atoms with Crippen LogP contribution in [0.2, 0.25) is 0 Å². The Labute approximate surface area is 141 Å². The molecule has 24 heavy (non-hydrogen) atoms. The van der Waals surface area contributed by atoms with Gasteiger partial charge < -0.3 is 9.88 Å². The predicted molar refractivity (Wildman–Crippen MR) is 93.8 cm³/mol. The van der Waals surface area contributed by atoms with Crippen LogP contribution in [-0.4, -0.2) is 28.0 Å². The fourth-order valence-electron chi connectivity index (χ4n) is 3.59. The van der Waals surface area contributed by atoms with Crippen molar-refractivity contribution in [2.24, 2.45) is 0 Å². The highest BCUT2D eigenvalue weighted by Gasteiger charge is 2.37. The number of rotatable bonds is 2. The Morgan fingerprint density at radius 1 is 1.12 bits per heavy atom. The van der Waals surface area contributed by atoms with Crippen LogP contribution in [0.25, 0.3) is 11.0 Å². The summed E-state index contributed by atoms with van der Waals surface area (Å²) in [6, 6.07) is 14.7. The van der Waals surface area contributed by atoms with E-state index in [1.807, 2.05) is 37.4 Å². The largest absolute Gasteiger partial charge is 0.357 e. The number of aromatic amines is 1. The molecule has 1 aliphatic rings. The molecule has 3 aromatic rings. The minimum absolute atomic E-state index is 0.394. The van der Waals surface area contributed by atoms with Crippen LogP contribution in [-0.2, 0) is 5.41 Å². The molecule has 0 bridgehead atoms. The molecule has 5 nitrogen and oxygen atoms in total. The van der Waals surface area contributed by atoms with Gasteiger partial charge in [-0.3, -0.25) is 0 Å². The van der Waals surface area contributed by atoms with Gasteiger partial charge in [0.25, 0.3) is 0 Å². The molecule has 0 radical (unpaired) electrons. The van der Waals surface area contributed by atoms with Gasteiger partial charge in [-0.1, -0.05) is 30.3 Å². The Hall–Kier alpha value is -2.87. The van der Waals surface area contributed by atoms with Gasteiger partial charge in [-0.05, 0) is 31.4 Å². The first-order valence-electron chi connectivity index (χ1n) is 8.25. The van der Waals surface area contributed by atoms with E-state index in [-0.39, 0.29) is 0 Å². The highest BCUT2D eigenvalue weighted by Crippen LogP contribution is 2.37. The van der Waals surface area contributed by atoms with Gasteiger partial charge in [0.05, 0.1) is 17.0 Å². The Morgan fingerprint density at radius 2 is 1.88 bits per heavy atom. The Balaban J connectivity index is 1.64. The maximum absolute atomic E-state index is 9.83. The molecule has 4 rings (SSSR count). The molecule has 0 unspecified atom stereocenters. The quantitative estimate of drug-likeness (QED) is 0.787. The number of aryl methyl sites for hydroxylation is 1. The highest BCUT2D eigenvalue weighted by molar-refractivity contribution is 5.86. The van der Waals surface area contributed by atoms with E-state index in [9.17, 15) is 5.26 Å². The van der Waals surface area contributed by atoms with Crippen molar-refractivity contribution in [2.45, 2.75) is 25.2 Å². The van der Waals surface area contributed by atoms with E-state index in [4.69, 9.17) is 0 Å². The number of nitriles is 1. The van der Waals surface area contributed by atoms with Crippen LogP contribution < -0.4 is 4.90 Å². The monoisotopic (exact) mass is 317 g/mol. The molecule has 1 aromatic carbocycles. The normalized spacial score (nSPS) is 16.9. The van der Waals surface area contributed by atoms with E-state index >= 15 is 0 Å². The lowest BCUT2D eigenvalue weighted by atomic mass is 9.74. The van der Waals surface area contributed by atoms with Crippen molar-refractivity contribution < 1.29 is 0 Å². The molecule has 0 spiro atoms. The number of piperidine rings is 1. The second kappa shape index (κ2) is 5.64. The van der Waals surface area contributed by atoms with Gasteiger partial charge in [0.2, 0.25) is 0 Å². The fraction of sp³-hybridized carbons (Fsp3) is 0.316. The third kappa shape index (κ3) is 2.31. The predicted octanol–water partition coefficient (Wildman–Crippen LogP) is 3.33. The summed E-state index contributed by atoms with van der Waals surface area (Å²) in [5.74, 6) is 1.72. The number of hydrogen-bond donors (Lipinski definition) is 1. The molecule has 0 aliphatic carbocycles. The maximum Gasteiger partial charge on any atom is 0.156 e. The lowest BCUT2D eigenvalue weighted by Gasteiger charge is -2.38. The van der Waals surface area contributed by atoms with E-state index in [1.165, 1.54) is 0 Å². The zero-order chi connectivity index (χ0) is 16.6. The number of nitrogens with one attached hydrogen (secondary N) is 1. The molecule has 0 atom stereocenters. The molecule has 2 aromatic heterocycles. The molecule has 3 heterocycles. The third-order valence-corrected chi connectivity index (χ3v) is 4.96. The second-order valence-electron chi connectivity index (χ2n) is 6.38. The smallest absolute Gasteiger partial charge is 0.156 e. The first-order valence-corrected chi connectivity index (χ1v) is 8.25. The number of anilines is 1. The average Bonchev–Trinajstić information content (AvgIpc) is 3.10. The molecule has 0 saturated carbocycles. The first kappa shape index (κ1) is 14.7. The van der Waals surface area contributed by atoms with Gasteiger partial charge in [0.15, 0.2) is 5.82 Å². The minimum atomic E-state index is -0.394. The van der Waals surface area contributed by atoms with Gasteiger partial charge in [-0.15, -0.1) is 0 Å². The summed E-state index contributed by atoms with van der Waals surface area (Å²) in [5.41, 5.74) is 2.65. The zero-order valence-electron chi connectivity index (χ0n) is 13.7. The highest BCUT2D eigenvalue weighted by atomic mass is 15.2. The Kier molecular flexibility index (Phi) is 3.46. The van der Waals surface area contributed by atoms with Gasteiger partial charge in [0, 0.05) is 19.3 Å². The SMILES string of the molecule is Cc1nc(N2CCC(C#N)(c3ccccc3)CC2)c2[nH]ccc2n1. The number of H-pyrrole nitrogens is 1. The number of benzene rings is 1. The zero-order valence-corrected chi connectivity index (χ0v) is 13.7. The third-order valence-electron chi connectivity index (χ3n) is 4.96. The molecule has 1 fully saturated rings. The Morgan fingerprint density at radius 3 is 2.58 bits per heavy atom. The van der Waals surface area contributed by atoms with Gasteiger partial charge in [-0.2, -0.15) is 5.26 Å². The standard InChI is InChI=1S/C19H19N5/c1-14-22-16-7-10-21-17(16)18(23-14)24-11-8-19(13-20,9-12-24)15-5-3-2-4-6-15/h2-7,10,21H,8-9,11-12H2,1H3. The summed E-state index contributed by atoms with van der Waals surface area (Å²) in [6.45, 7) is 3.55. The number of fused-ring (bicyclic) bond motifs is 1. The van der Waals surface area contributed by atoms with Crippen LogP contribution in [0.1, 0.15) is 24.2 Å². The van der Waals surface area contributed by atoms with E-state index < -0.39 is 5.41 Å². The molecule has 1 aliphatic heterocycles. The van der Waals surface area contributed by atoms with Crippen LogP contribution >= 0.6 is 0 Å². The summed E-state index contributed by atoms with van der Waals surface area (Å²) in [6.07, 6.45) is 3.51. The van der Waals surface area contributed by atoms with Gasteiger partial charge in [-0.25, -0.2) is 9.97 Å². The van der Waals surface area contributed by atoms with Crippen LogP contribution in [0.15, 0.2) is 42.6 Å². The number of nitrogens with zero attached hydrogens (tertiary/aromatic N) is 4. The topological polar surface area (TPSA) is 68.6 Å². The maximum atomic E-state index is 9.83. The number of hydrogen-bond acceptors (Lipinski definition) is 4. The van der Waals surface area contributed by atoms with E-state index in [0.717, 1.165) is 54.2 Å². The van der Waals surface area contributed by atoms with Crippen molar-refractivity contribution in [2.75, 3.05) is 18.0 Å². The van der Waals surface area contributed by atoms with Crippen molar-refractivity contribution in [3.05, 3.63) is 54.0 Å². The minimum Gasteiger partial charge on any atom is -0.357 e. The number of aromatic nitrogens is 3. The summed E-state index contributed by atoms with van der Waals surface area (Å²) in [4.78, 5) is 14.6. The van der Waals surface area contributed by atoms with E-state index in [2.05, 4.69) is 38.1 Å². The average molecular weight is 317 g/mol. The van der Waals surface area contributed by atoms with Crippen molar-refractivity contribution in [3.63, 3.8) is 0 Å². The van der Waals surface area contributed by atoms with Gasteiger partial charge in [0.1, 0.15) is 11.3 Å². The fourth-order valence-corrected chi connectivity index (χ4v) is 3.59. The van der Waals surface area contributed by atoms with Crippen molar-refractivity contribution in [1.29, 1.82) is 5.26 Å². The van der Waals surface area contributed by atoms with Crippen molar-refractivity contribution >= 4 is 16.9 Å². The van der Waals surface area contributed by atoms with Crippen LogP contribution in [0.3, 0.4) is 0 Å². The lowest BCUT2D eigenvalue weighted by Crippen LogP contribution is -2.42. The molecule has 1 saturated heterocycles. The summed E-state index contributed by atoms with van der Waals surface area (Å²) in [7, 11) is 0. The van der Waals surface area contributed by atoms with E-state index in [0.29, 0.717) is 0 Å². The lowest BCUT2D eigenvalue weighted by molar-refractivity contribution is 0.414. The van der Waals surface area contributed by atoms with Crippen LogP contribution in [0, 0.1) is 18.3 Å². The second-order valence-corrected chi connectivity index (χ2v) is 6.38. The van der Waals surface area contributed by atoms with Crippen LogP contribution in [0.4, 0.5) is 5.82 Å². The van der Waals surface area contributed by atoms with Gasteiger partial charge >= 0.3 is 0 Å². The summed E-state index contributed by atoms with van der Waals surface area (Å²) < 4.78 is 0. The Bertz CT molecular complexity index is 898. The molecule has 120 valence electrons. The first-order chi connectivity index (χ1) is 11.7.